The number of carboxylic acid groups (broad SMARTS) is 1. The van der Waals surface area contributed by atoms with E-state index in [-0.39, 0.29) is 25.1 Å². The molecule has 3 rings (SSSR count). The molecule has 184 valence electrons. The van der Waals surface area contributed by atoms with Gasteiger partial charge in [0.15, 0.2) is 0 Å². The lowest BCUT2D eigenvalue weighted by molar-refractivity contribution is -0.138. The average Bonchev–Trinajstić information content (AvgIpc) is 2.82. The zero-order valence-electron chi connectivity index (χ0n) is 18.9. The third-order valence-electron chi connectivity index (χ3n) is 5.23. The van der Waals surface area contributed by atoms with Gasteiger partial charge in [0.1, 0.15) is 5.75 Å². The van der Waals surface area contributed by atoms with Crippen LogP contribution in [0.15, 0.2) is 66.7 Å². The third kappa shape index (κ3) is 7.23. The highest BCUT2D eigenvalue weighted by Gasteiger charge is 2.31. The molecule has 35 heavy (non-hydrogen) atoms. The van der Waals surface area contributed by atoms with Crippen LogP contribution in [-0.4, -0.2) is 30.9 Å². The summed E-state index contributed by atoms with van der Waals surface area (Å²) < 4.78 is 50.6. The van der Waals surface area contributed by atoms with E-state index in [0.717, 1.165) is 17.7 Å². The molecule has 6 nitrogen and oxygen atoms in total. The van der Waals surface area contributed by atoms with Crippen LogP contribution in [0.5, 0.6) is 5.75 Å². The van der Waals surface area contributed by atoms with Crippen molar-refractivity contribution in [2.24, 2.45) is 0 Å². The summed E-state index contributed by atoms with van der Waals surface area (Å²) >= 11 is 0. The number of alkyl halides is 3. The van der Waals surface area contributed by atoms with Crippen LogP contribution >= 0.6 is 0 Å². The van der Waals surface area contributed by atoms with Crippen LogP contribution in [0.3, 0.4) is 0 Å². The van der Waals surface area contributed by atoms with E-state index in [4.69, 9.17) is 14.6 Å². The van der Waals surface area contributed by atoms with E-state index < -0.39 is 23.8 Å². The van der Waals surface area contributed by atoms with Crippen molar-refractivity contribution in [2.75, 3.05) is 13.7 Å². The van der Waals surface area contributed by atoms with E-state index in [1.165, 1.54) is 13.2 Å². The first-order chi connectivity index (χ1) is 16.7. The number of carbonyl (C=O) groups is 2. The summed E-state index contributed by atoms with van der Waals surface area (Å²) in [5, 5.41) is 11.6. The van der Waals surface area contributed by atoms with Crippen LogP contribution in [-0.2, 0) is 35.1 Å². The van der Waals surface area contributed by atoms with Gasteiger partial charge in [0.2, 0.25) is 0 Å². The highest BCUT2D eigenvalue weighted by molar-refractivity contribution is 5.77. The van der Waals surface area contributed by atoms with E-state index in [0.29, 0.717) is 28.9 Å². The molecule has 0 atom stereocenters. The number of alkyl carbamates (subject to hydrolysis) is 1. The second-order valence-electron chi connectivity index (χ2n) is 7.70. The van der Waals surface area contributed by atoms with E-state index in [1.54, 1.807) is 18.2 Å². The molecule has 3 aromatic rings. The van der Waals surface area contributed by atoms with Gasteiger partial charge in [-0.3, -0.25) is 4.79 Å². The van der Waals surface area contributed by atoms with Crippen LogP contribution in [0.4, 0.5) is 18.0 Å². The van der Waals surface area contributed by atoms with Gasteiger partial charge < -0.3 is 19.9 Å². The molecule has 0 saturated carbocycles. The van der Waals surface area contributed by atoms with Gasteiger partial charge in [-0.1, -0.05) is 42.5 Å². The minimum atomic E-state index is -4.58. The highest BCUT2D eigenvalue weighted by atomic mass is 19.4. The van der Waals surface area contributed by atoms with Crippen LogP contribution in [0.25, 0.3) is 11.1 Å². The molecule has 2 N–H and O–H groups in total. The van der Waals surface area contributed by atoms with Gasteiger partial charge in [0, 0.05) is 18.5 Å². The fourth-order valence-electron chi connectivity index (χ4n) is 3.55. The Morgan fingerprint density at radius 1 is 0.943 bits per heavy atom. The number of carboxylic acids is 1. The van der Waals surface area contributed by atoms with Gasteiger partial charge in [0.25, 0.3) is 0 Å². The quantitative estimate of drug-likeness (QED) is 0.418. The molecular weight excluding hydrogens is 463 g/mol. The maximum atomic E-state index is 13.4. The minimum Gasteiger partial charge on any atom is -0.496 e. The van der Waals surface area contributed by atoms with E-state index in [1.807, 2.05) is 30.3 Å². The average molecular weight is 487 g/mol. The topological polar surface area (TPSA) is 84.9 Å². The Labute approximate surface area is 200 Å². The Morgan fingerprint density at radius 3 is 2.34 bits per heavy atom. The van der Waals surface area contributed by atoms with Crippen molar-refractivity contribution >= 4 is 12.1 Å². The Balaban J connectivity index is 1.83. The molecule has 3 aromatic carbocycles. The molecule has 0 fully saturated rings. The summed E-state index contributed by atoms with van der Waals surface area (Å²) in [4.78, 5) is 23.3. The van der Waals surface area contributed by atoms with Crippen molar-refractivity contribution in [3.05, 3.63) is 89.0 Å². The van der Waals surface area contributed by atoms with Gasteiger partial charge in [-0.2, -0.15) is 13.2 Å². The number of ether oxygens (including phenoxy) is 2. The van der Waals surface area contributed by atoms with Crippen molar-refractivity contribution in [3.8, 4) is 16.9 Å². The lowest BCUT2D eigenvalue weighted by Crippen LogP contribution is -2.25. The zero-order valence-corrected chi connectivity index (χ0v) is 18.9. The molecular formula is C26H24F3NO5. The number of aliphatic carboxylic acids is 1. The molecule has 0 radical (unpaired) electrons. The van der Waals surface area contributed by atoms with Crippen LogP contribution < -0.4 is 10.1 Å². The summed E-state index contributed by atoms with van der Waals surface area (Å²) in [6.07, 6.45) is -5.12. The Bertz CT molecular complexity index is 1180. The molecule has 0 spiro atoms. The monoisotopic (exact) mass is 487 g/mol. The maximum absolute atomic E-state index is 13.4. The van der Waals surface area contributed by atoms with Gasteiger partial charge in [-0.05, 0) is 46.5 Å². The van der Waals surface area contributed by atoms with Crippen molar-refractivity contribution in [2.45, 2.75) is 25.6 Å². The lowest BCUT2D eigenvalue weighted by Gasteiger charge is -2.17. The first-order valence-corrected chi connectivity index (χ1v) is 10.7. The summed E-state index contributed by atoms with van der Waals surface area (Å²) in [5.74, 6) is -0.695. The van der Waals surface area contributed by atoms with E-state index >= 15 is 0 Å². The zero-order chi connectivity index (χ0) is 25.4. The normalized spacial score (nSPS) is 11.1. The van der Waals surface area contributed by atoms with Crippen molar-refractivity contribution < 1.29 is 37.3 Å². The Kier molecular flexibility index (Phi) is 8.35. The lowest BCUT2D eigenvalue weighted by atomic mass is 9.94. The molecule has 0 heterocycles. The molecule has 0 saturated heterocycles. The number of hydrogen-bond acceptors (Lipinski definition) is 4. The van der Waals surface area contributed by atoms with Crippen LogP contribution in [0.1, 0.15) is 22.3 Å². The Morgan fingerprint density at radius 2 is 1.69 bits per heavy atom. The smallest absolute Gasteiger partial charge is 0.416 e. The van der Waals surface area contributed by atoms with E-state index in [9.17, 15) is 22.8 Å². The minimum absolute atomic E-state index is 0.107. The number of methoxy groups -OCH3 is 1. The SMILES string of the molecule is COc1ccc(CC(=O)O)cc1-c1ccc(C(F)(F)F)cc1CNC(=O)OCCc1ccccc1. The summed E-state index contributed by atoms with van der Waals surface area (Å²) in [6.45, 7) is -0.133. The van der Waals surface area contributed by atoms with Gasteiger partial charge in [0.05, 0.1) is 25.7 Å². The number of benzene rings is 3. The molecule has 9 heteroatoms. The predicted octanol–water partition coefficient (Wildman–Crippen LogP) is 5.48. The summed E-state index contributed by atoms with van der Waals surface area (Å²) in [6, 6.07) is 17.2. The fraction of sp³-hybridized carbons (Fsp3) is 0.231. The third-order valence-corrected chi connectivity index (χ3v) is 5.23. The standard InChI is InChI=1S/C26H24F3NO5/c1-34-23-10-7-18(14-24(31)32)13-22(23)21-9-8-20(26(27,28)29)15-19(21)16-30-25(33)35-12-11-17-5-3-2-4-6-17/h2-10,13,15H,11-12,14,16H2,1H3,(H,30,33)(H,31,32). The molecule has 0 bridgehead atoms. The van der Waals surface area contributed by atoms with E-state index in [2.05, 4.69) is 5.32 Å². The highest BCUT2D eigenvalue weighted by Crippen LogP contribution is 2.37. The van der Waals surface area contributed by atoms with Crippen molar-refractivity contribution in [1.29, 1.82) is 0 Å². The number of hydrogen-bond donors (Lipinski definition) is 2. The van der Waals surface area contributed by atoms with Crippen molar-refractivity contribution in [3.63, 3.8) is 0 Å². The number of rotatable bonds is 9. The molecule has 0 aromatic heterocycles. The molecule has 0 aliphatic rings. The van der Waals surface area contributed by atoms with Crippen molar-refractivity contribution in [1.82, 2.24) is 5.32 Å². The Hall–Kier alpha value is -4.01. The second-order valence-corrected chi connectivity index (χ2v) is 7.70. The number of carbonyl (C=O) groups excluding carboxylic acids is 1. The van der Waals surface area contributed by atoms with Gasteiger partial charge >= 0.3 is 18.2 Å². The molecule has 0 aliphatic carbocycles. The largest absolute Gasteiger partial charge is 0.496 e. The van der Waals surface area contributed by atoms with Crippen LogP contribution in [0.2, 0.25) is 0 Å². The number of halogens is 3. The van der Waals surface area contributed by atoms with Crippen LogP contribution in [0, 0.1) is 0 Å². The predicted molar refractivity (Wildman–Crippen MR) is 123 cm³/mol. The maximum Gasteiger partial charge on any atom is 0.416 e. The fourth-order valence-corrected chi connectivity index (χ4v) is 3.55. The number of nitrogens with one attached hydrogen (secondary N) is 1. The van der Waals surface area contributed by atoms with Gasteiger partial charge in [-0.25, -0.2) is 4.79 Å². The number of amides is 1. The molecule has 1 amide bonds. The molecule has 0 aliphatic heterocycles. The first kappa shape index (κ1) is 25.6. The second kappa shape index (κ2) is 11.4. The van der Waals surface area contributed by atoms with Gasteiger partial charge in [-0.15, -0.1) is 0 Å². The summed E-state index contributed by atoms with van der Waals surface area (Å²) in [7, 11) is 1.40. The molecule has 0 unspecified atom stereocenters. The summed E-state index contributed by atoms with van der Waals surface area (Å²) in [5.41, 5.74) is 1.50. The first-order valence-electron chi connectivity index (χ1n) is 10.7.